The van der Waals surface area contributed by atoms with E-state index in [0.717, 1.165) is 0 Å². The Kier molecular flexibility index (Phi) is 2.73. The molecule has 66 valence electrons. The molecule has 0 saturated heterocycles. The first-order valence-electron chi connectivity index (χ1n) is 3.66. The average molecular weight is 170 g/mol. The van der Waals surface area contributed by atoms with Crippen molar-refractivity contribution in [3.8, 4) is 0 Å². The minimum Gasteiger partial charge on any atom is -0.391 e. The van der Waals surface area contributed by atoms with E-state index in [4.69, 9.17) is 10.8 Å². The van der Waals surface area contributed by atoms with Gasteiger partial charge in [0, 0.05) is 6.20 Å². The van der Waals surface area contributed by atoms with Gasteiger partial charge in [-0.1, -0.05) is 6.07 Å². The van der Waals surface area contributed by atoms with Crippen LogP contribution in [-0.2, 0) is 0 Å². The number of hydrogen-bond acceptors (Lipinski definition) is 3. The maximum Gasteiger partial charge on any atom is 0.212 e. The number of nitrogens with zero attached hydrogens (tertiary/aromatic N) is 1. The summed E-state index contributed by atoms with van der Waals surface area (Å²) >= 11 is 0. The summed E-state index contributed by atoms with van der Waals surface area (Å²) in [5.74, 6) is -0.545. The van der Waals surface area contributed by atoms with Gasteiger partial charge in [0.2, 0.25) is 5.95 Å². The quantitative estimate of drug-likeness (QED) is 0.639. The molecule has 0 spiro atoms. The molecular formula is C8H11FN2O. The fourth-order valence-corrected chi connectivity index (χ4v) is 0.863. The number of aliphatic hydroxyl groups excluding tert-OH is 1. The number of hydrogen-bond donors (Lipinski definition) is 2. The number of rotatable bonds is 2. The zero-order valence-electron chi connectivity index (χ0n) is 6.74. The van der Waals surface area contributed by atoms with Crippen molar-refractivity contribution in [1.82, 2.24) is 4.98 Å². The van der Waals surface area contributed by atoms with Crippen LogP contribution >= 0.6 is 0 Å². The first-order valence-corrected chi connectivity index (χ1v) is 3.66. The Morgan fingerprint density at radius 2 is 2.25 bits per heavy atom. The van der Waals surface area contributed by atoms with Crippen LogP contribution in [0, 0.1) is 5.95 Å². The summed E-state index contributed by atoms with van der Waals surface area (Å²) in [7, 11) is 0. The lowest BCUT2D eigenvalue weighted by Crippen LogP contribution is -2.23. The second-order valence-electron chi connectivity index (χ2n) is 2.68. The highest BCUT2D eigenvalue weighted by molar-refractivity contribution is 5.14. The van der Waals surface area contributed by atoms with Crippen LogP contribution in [0.25, 0.3) is 0 Å². The van der Waals surface area contributed by atoms with Crippen molar-refractivity contribution < 1.29 is 9.50 Å². The Labute approximate surface area is 70.0 Å². The molecule has 0 radical (unpaired) electrons. The second-order valence-corrected chi connectivity index (χ2v) is 2.68. The Balaban J connectivity index is 2.82. The Morgan fingerprint density at radius 3 is 2.67 bits per heavy atom. The lowest BCUT2D eigenvalue weighted by molar-refractivity contribution is 0.164. The molecule has 12 heavy (non-hydrogen) atoms. The molecule has 3 nitrogen and oxygen atoms in total. The maximum atomic E-state index is 12.3. The van der Waals surface area contributed by atoms with E-state index in [0.29, 0.717) is 5.56 Å². The molecule has 0 aliphatic heterocycles. The molecule has 0 saturated carbocycles. The van der Waals surface area contributed by atoms with Crippen molar-refractivity contribution in [1.29, 1.82) is 0 Å². The fourth-order valence-electron chi connectivity index (χ4n) is 0.863. The standard InChI is InChI=1S/C8H11FN2O/c1-5(12)8(10)6-2-3-7(9)11-4-6/h2-5,8,12H,10H2,1H3/t5-,8+/m0/s1. The Bertz CT molecular complexity index is 248. The minimum atomic E-state index is -0.655. The molecule has 1 aromatic rings. The predicted octanol–water partition coefficient (Wildman–Crippen LogP) is 0.601. The van der Waals surface area contributed by atoms with Gasteiger partial charge in [0.05, 0.1) is 12.1 Å². The van der Waals surface area contributed by atoms with Crippen LogP contribution in [0.15, 0.2) is 18.3 Å². The van der Waals surface area contributed by atoms with Gasteiger partial charge in [-0.15, -0.1) is 0 Å². The highest BCUT2D eigenvalue weighted by Crippen LogP contribution is 2.12. The van der Waals surface area contributed by atoms with E-state index >= 15 is 0 Å². The van der Waals surface area contributed by atoms with Crippen molar-refractivity contribution in [2.24, 2.45) is 5.73 Å². The summed E-state index contributed by atoms with van der Waals surface area (Å²) in [6.45, 7) is 1.58. The topological polar surface area (TPSA) is 59.1 Å². The van der Waals surface area contributed by atoms with Gasteiger partial charge in [0.1, 0.15) is 0 Å². The summed E-state index contributed by atoms with van der Waals surface area (Å²) in [5, 5.41) is 9.10. The van der Waals surface area contributed by atoms with Gasteiger partial charge in [-0.2, -0.15) is 4.39 Å². The molecule has 2 atom stereocenters. The van der Waals surface area contributed by atoms with Crippen LogP contribution < -0.4 is 5.73 Å². The first-order chi connectivity index (χ1) is 5.61. The van der Waals surface area contributed by atoms with E-state index in [1.54, 1.807) is 6.92 Å². The van der Waals surface area contributed by atoms with Crippen LogP contribution in [0.3, 0.4) is 0 Å². The van der Waals surface area contributed by atoms with E-state index in [1.165, 1.54) is 18.3 Å². The van der Waals surface area contributed by atoms with Gasteiger partial charge in [-0.25, -0.2) is 4.98 Å². The van der Waals surface area contributed by atoms with Gasteiger partial charge in [0.15, 0.2) is 0 Å². The molecule has 1 rings (SSSR count). The van der Waals surface area contributed by atoms with Crippen LogP contribution in [0.1, 0.15) is 18.5 Å². The van der Waals surface area contributed by atoms with E-state index in [2.05, 4.69) is 4.98 Å². The third-order valence-electron chi connectivity index (χ3n) is 1.65. The zero-order chi connectivity index (χ0) is 9.14. The molecule has 4 heteroatoms. The van der Waals surface area contributed by atoms with E-state index < -0.39 is 18.1 Å². The summed E-state index contributed by atoms with van der Waals surface area (Å²) in [5.41, 5.74) is 6.21. The summed E-state index contributed by atoms with van der Waals surface area (Å²) < 4.78 is 12.3. The highest BCUT2D eigenvalue weighted by Gasteiger charge is 2.11. The molecule has 3 N–H and O–H groups in total. The van der Waals surface area contributed by atoms with Gasteiger partial charge in [-0.3, -0.25) is 0 Å². The minimum absolute atomic E-state index is 0.502. The summed E-state index contributed by atoms with van der Waals surface area (Å²) in [6, 6.07) is 2.23. The molecule has 0 aliphatic rings. The molecule has 1 heterocycles. The first kappa shape index (κ1) is 9.09. The second kappa shape index (κ2) is 3.60. The largest absolute Gasteiger partial charge is 0.391 e. The third kappa shape index (κ3) is 1.99. The SMILES string of the molecule is C[C@H](O)[C@@H](N)c1ccc(F)nc1. The van der Waals surface area contributed by atoms with Gasteiger partial charge in [0.25, 0.3) is 0 Å². The van der Waals surface area contributed by atoms with Crippen LogP contribution in [0.4, 0.5) is 4.39 Å². The van der Waals surface area contributed by atoms with Crippen molar-refractivity contribution in [3.05, 3.63) is 29.8 Å². The van der Waals surface area contributed by atoms with E-state index in [1.807, 2.05) is 0 Å². The van der Waals surface area contributed by atoms with Crippen molar-refractivity contribution in [3.63, 3.8) is 0 Å². The molecular weight excluding hydrogens is 159 g/mol. The average Bonchev–Trinajstić information content (AvgIpc) is 2.04. The van der Waals surface area contributed by atoms with Gasteiger partial charge < -0.3 is 10.8 Å². The number of pyridine rings is 1. The van der Waals surface area contributed by atoms with Gasteiger partial charge in [-0.05, 0) is 18.6 Å². The molecule has 0 fully saturated rings. The summed E-state index contributed by atoms with van der Waals surface area (Å²) in [4.78, 5) is 3.42. The fraction of sp³-hybridized carbons (Fsp3) is 0.375. The molecule has 1 aromatic heterocycles. The van der Waals surface area contributed by atoms with E-state index in [-0.39, 0.29) is 0 Å². The lowest BCUT2D eigenvalue weighted by Gasteiger charge is -2.13. The zero-order valence-corrected chi connectivity index (χ0v) is 6.74. The lowest BCUT2D eigenvalue weighted by atomic mass is 10.1. The Hall–Kier alpha value is -1.00. The molecule has 0 aliphatic carbocycles. The maximum absolute atomic E-state index is 12.3. The molecule has 0 unspecified atom stereocenters. The number of aliphatic hydroxyl groups is 1. The number of nitrogens with two attached hydrogens (primary N) is 1. The third-order valence-corrected chi connectivity index (χ3v) is 1.65. The smallest absolute Gasteiger partial charge is 0.212 e. The molecule has 0 amide bonds. The molecule has 0 bridgehead atoms. The normalized spacial score (nSPS) is 15.7. The highest BCUT2D eigenvalue weighted by atomic mass is 19.1. The van der Waals surface area contributed by atoms with Gasteiger partial charge >= 0.3 is 0 Å². The van der Waals surface area contributed by atoms with Crippen LogP contribution in [-0.4, -0.2) is 16.2 Å². The number of halogens is 1. The van der Waals surface area contributed by atoms with Crippen molar-refractivity contribution in [2.75, 3.05) is 0 Å². The van der Waals surface area contributed by atoms with E-state index in [9.17, 15) is 4.39 Å². The molecule has 0 aromatic carbocycles. The number of aromatic nitrogens is 1. The van der Waals surface area contributed by atoms with Crippen molar-refractivity contribution >= 4 is 0 Å². The summed E-state index contributed by atoms with van der Waals surface area (Å²) in [6.07, 6.45) is 0.671. The Morgan fingerprint density at radius 1 is 1.58 bits per heavy atom. The van der Waals surface area contributed by atoms with Crippen LogP contribution in [0.2, 0.25) is 0 Å². The monoisotopic (exact) mass is 170 g/mol. The van der Waals surface area contributed by atoms with Crippen LogP contribution in [0.5, 0.6) is 0 Å². The predicted molar refractivity (Wildman–Crippen MR) is 42.8 cm³/mol. The van der Waals surface area contributed by atoms with Crippen molar-refractivity contribution in [2.45, 2.75) is 19.1 Å².